The van der Waals surface area contributed by atoms with Gasteiger partial charge in [0.2, 0.25) is 0 Å². The fourth-order valence-corrected chi connectivity index (χ4v) is 3.86. The molecule has 2 aromatic rings. The molecular formula is C23H32N2O2. The van der Waals surface area contributed by atoms with Gasteiger partial charge in [0.05, 0.1) is 18.6 Å². The zero-order chi connectivity index (χ0) is 19.9. The first-order valence-corrected chi connectivity index (χ1v) is 10.1. The van der Waals surface area contributed by atoms with Gasteiger partial charge in [-0.25, -0.2) is 0 Å². The molecule has 0 atom stereocenters. The maximum absolute atomic E-state index is 10.4. The van der Waals surface area contributed by atoms with Crippen LogP contribution in [-0.2, 0) is 10.2 Å². The predicted octanol–water partition coefficient (Wildman–Crippen LogP) is 5.91. The molecule has 1 N–H and O–H groups in total. The monoisotopic (exact) mass is 368 g/mol. The van der Waals surface area contributed by atoms with Crippen LogP contribution in [0.25, 0.3) is 10.9 Å². The molecule has 27 heavy (non-hydrogen) atoms. The number of Topliss-reactive ketones (excluding diaryl/α,β-unsaturated/α-hetero) is 1. The number of hydrogen-bond donors (Lipinski definition) is 1. The van der Waals surface area contributed by atoms with Crippen molar-refractivity contribution in [2.75, 3.05) is 7.11 Å². The summed E-state index contributed by atoms with van der Waals surface area (Å²) >= 11 is 0. The Morgan fingerprint density at radius 3 is 2.37 bits per heavy atom. The molecule has 0 bridgehead atoms. The molecule has 0 unspecified atom stereocenters. The molecule has 0 amide bonds. The van der Waals surface area contributed by atoms with E-state index in [0.717, 1.165) is 60.7 Å². The van der Waals surface area contributed by atoms with E-state index in [-0.39, 0.29) is 5.41 Å². The quantitative estimate of drug-likeness (QED) is 0.660. The number of nitrogens with zero attached hydrogens (tertiary/aromatic N) is 1. The first kappa shape index (κ1) is 21.0. The van der Waals surface area contributed by atoms with Crippen molar-refractivity contribution >= 4 is 16.7 Å². The van der Waals surface area contributed by atoms with Crippen LogP contribution < -0.4 is 4.74 Å². The number of nitrogens with one attached hydrogen (secondary N) is 1. The predicted molar refractivity (Wildman–Crippen MR) is 110 cm³/mol. The number of aromatic nitrogens is 1. The minimum Gasteiger partial charge on any atom is -0.497 e. The number of aromatic amines is 1. The number of hydrogen-bond acceptors (Lipinski definition) is 3. The Kier molecular flexibility index (Phi) is 7.47. The highest BCUT2D eigenvalue weighted by Crippen LogP contribution is 2.38. The Balaban J connectivity index is 0.000000313. The van der Waals surface area contributed by atoms with Crippen LogP contribution in [0.15, 0.2) is 24.4 Å². The Bertz CT molecular complexity index is 790. The largest absolute Gasteiger partial charge is 0.497 e. The van der Waals surface area contributed by atoms with E-state index in [2.05, 4.69) is 31.0 Å². The van der Waals surface area contributed by atoms with Gasteiger partial charge in [-0.05, 0) is 50.3 Å². The van der Waals surface area contributed by atoms with Crippen LogP contribution in [0.2, 0.25) is 0 Å². The molecule has 1 heterocycles. The van der Waals surface area contributed by atoms with E-state index < -0.39 is 0 Å². The number of fused-ring (bicyclic) bond motifs is 1. The molecule has 1 aliphatic carbocycles. The summed E-state index contributed by atoms with van der Waals surface area (Å²) in [7, 11) is 1.67. The summed E-state index contributed by atoms with van der Waals surface area (Å²) in [5, 5.41) is 10.9. The second-order valence-electron chi connectivity index (χ2n) is 7.55. The Morgan fingerprint density at radius 2 is 1.96 bits per heavy atom. The lowest BCUT2D eigenvalue weighted by Crippen LogP contribution is -2.23. The number of rotatable bonds is 7. The first-order chi connectivity index (χ1) is 13.0. The van der Waals surface area contributed by atoms with E-state index in [9.17, 15) is 10.1 Å². The number of nitriles is 1. The van der Waals surface area contributed by atoms with Gasteiger partial charge >= 0.3 is 0 Å². The third kappa shape index (κ3) is 4.71. The fraction of sp³-hybridized carbons (Fsp3) is 0.565. The van der Waals surface area contributed by atoms with E-state index in [1.54, 1.807) is 14.0 Å². The summed E-state index contributed by atoms with van der Waals surface area (Å²) in [6.07, 6.45) is 9.38. The number of ether oxygens (including phenoxy) is 1. The van der Waals surface area contributed by atoms with Crippen molar-refractivity contribution < 1.29 is 9.53 Å². The molecule has 4 heteroatoms. The molecule has 1 saturated carbocycles. The van der Waals surface area contributed by atoms with Crippen molar-refractivity contribution in [3.63, 3.8) is 0 Å². The van der Waals surface area contributed by atoms with Gasteiger partial charge in [0.25, 0.3) is 0 Å². The summed E-state index contributed by atoms with van der Waals surface area (Å²) in [6.45, 7) is 5.96. The number of benzene rings is 1. The lowest BCUT2D eigenvalue weighted by atomic mass is 9.74. The van der Waals surface area contributed by atoms with E-state index in [4.69, 9.17) is 4.74 Å². The molecule has 0 aliphatic heterocycles. The van der Waals surface area contributed by atoms with Crippen LogP contribution >= 0.6 is 0 Å². The molecule has 1 aromatic heterocycles. The molecule has 1 aliphatic rings. The normalized spacial score (nSPS) is 14.0. The van der Waals surface area contributed by atoms with Crippen LogP contribution in [0.3, 0.4) is 0 Å². The topological polar surface area (TPSA) is 65.9 Å². The summed E-state index contributed by atoms with van der Waals surface area (Å²) in [5.41, 5.74) is 1.78. The first-order valence-electron chi connectivity index (χ1n) is 10.1. The van der Waals surface area contributed by atoms with Gasteiger partial charge < -0.3 is 9.72 Å². The molecule has 3 rings (SSSR count). The summed E-state index contributed by atoms with van der Waals surface area (Å²) in [5.74, 6) is 1.66. The minimum absolute atomic E-state index is 0.379. The van der Waals surface area contributed by atoms with Gasteiger partial charge in [-0.1, -0.05) is 33.1 Å². The highest BCUT2D eigenvalue weighted by atomic mass is 16.5. The van der Waals surface area contributed by atoms with Gasteiger partial charge in [0, 0.05) is 29.1 Å². The summed E-state index contributed by atoms with van der Waals surface area (Å²) in [6, 6.07) is 8.59. The average molecular weight is 369 g/mol. The highest BCUT2D eigenvalue weighted by Gasteiger charge is 2.32. The zero-order valence-corrected chi connectivity index (χ0v) is 17.1. The number of carbonyl (C=O) groups excluding carboxylic acids is 1. The van der Waals surface area contributed by atoms with Gasteiger partial charge in [0.15, 0.2) is 0 Å². The van der Waals surface area contributed by atoms with E-state index in [0.29, 0.717) is 11.7 Å². The summed E-state index contributed by atoms with van der Waals surface area (Å²) < 4.78 is 5.25. The van der Waals surface area contributed by atoms with Crippen molar-refractivity contribution in [3.8, 4) is 11.8 Å². The maximum Gasteiger partial charge on any atom is 0.132 e. The molecule has 1 aromatic carbocycles. The van der Waals surface area contributed by atoms with Crippen molar-refractivity contribution in [1.82, 2.24) is 4.98 Å². The van der Waals surface area contributed by atoms with Crippen LogP contribution in [0.5, 0.6) is 5.75 Å². The highest BCUT2D eigenvalue weighted by molar-refractivity contribution is 5.86. The van der Waals surface area contributed by atoms with E-state index in [1.807, 2.05) is 18.3 Å². The van der Waals surface area contributed by atoms with Crippen molar-refractivity contribution in [1.29, 1.82) is 5.26 Å². The third-order valence-corrected chi connectivity index (χ3v) is 5.65. The second-order valence-corrected chi connectivity index (χ2v) is 7.55. The smallest absolute Gasteiger partial charge is 0.132 e. The van der Waals surface area contributed by atoms with Crippen molar-refractivity contribution in [2.45, 2.75) is 71.1 Å². The molecule has 4 nitrogen and oxygen atoms in total. The minimum atomic E-state index is -0.379. The average Bonchev–Trinajstić information content (AvgIpc) is 3.03. The molecule has 0 radical (unpaired) electrons. The van der Waals surface area contributed by atoms with Gasteiger partial charge in [-0.3, -0.25) is 4.79 Å². The standard InChI is InChI=1S/C17H22N2O.C6H10O/c1-4-8-17(12-18,9-5-2)15-11-19-16-10-13(20-3)6-7-14(15)16;1-5(7)6-3-2-4-6/h6-7,10-11,19H,4-5,8-9H2,1-3H3;6H,2-4H2,1H3. The SMILES string of the molecule is CC(=O)C1CCC1.CCCC(C#N)(CCC)c1c[nH]c2cc(OC)ccc12. The number of H-pyrrole nitrogens is 1. The molecule has 1 fully saturated rings. The van der Waals surface area contributed by atoms with Gasteiger partial charge in [0.1, 0.15) is 11.5 Å². The van der Waals surface area contributed by atoms with Crippen molar-refractivity contribution in [2.24, 2.45) is 5.92 Å². The maximum atomic E-state index is 10.4. The number of ketones is 1. The molecular weight excluding hydrogens is 336 g/mol. The zero-order valence-electron chi connectivity index (χ0n) is 17.1. The van der Waals surface area contributed by atoms with Gasteiger partial charge in [-0.15, -0.1) is 0 Å². The number of carbonyl (C=O) groups is 1. The number of methoxy groups -OCH3 is 1. The van der Waals surface area contributed by atoms with Crippen LogP contribution in [0.1, 0.15) is 71.3 Å². The Labute approximate surface area is 162 Å². The molecule has 0 spiro atoms. The molecule has 0 saturated heterocycles. The second kappa shape index (κ2) is 9.60. The Hall–Kier alpha value is -2.28. The Morgan fingerprint density at radius 1 is 1.30 bits per heavy atom. The lowest BCUT2D eigenvalue weighted by Gasteiger charge is -2.25. The van der Waals surface area contributed by atoms with E-state index >= 15 is 0 Å². The van der Waals surface area contributed by atoms with Crippen molar-refractivity contribution in [3.05, 3.63) is 30.0 Å². The van der Waals surface area contributed by atoms with E-state index in [1.165, 1.54) is 6.42 Å². The van der Waals surface area contributed by atoms with Crippen LogP contribution in [-0.4, -0.2) is 17.9 Å². The van der Waals surface area contributed by atoms with Crippen LogP contribution in [0, 0.1) is 17.2 Å². The fourth-order valence-electron chi connectivity index (χ4n) is 3.86. The van der Waals surface area contributed by atoms with Crippen LogP contribution in [0.4, 0.5) is 0 Å². The van der Waals surface area contributed by atoms with Gasteiger partial charge in [-0.2, -0.15) is 5.26 Å². The summed E-state index contributed by atoms with van der Waals surface area (Å²) in [4.78, 5) is 13.7. The molecule has 146 valence electrons. The third-order valence-electron chi connectivity index (χ3n) is 5.65. The lowest BCUT2D eigenvalue weighted by molar-refractivity contribution is -0.122.